The van der Waals surface area contributed by atoms with Crippen LogP contribution in [0.25, 0.3) is 10.9 Å². The van der Waals surface area contributed by atoms with Crippen molar-refractivity contribution in [3.63, 3.8) is 0 Å². The smallest absolute Gasteiger partial charge is 0.266 e. The number of benzene rings is 2. The fourth-order valence-corrected chi connectivity index (χ4v) is 5.40. The molecule has 0 radical (unpaired) electrons. The molecule has 5 rings (SSSR count). The van der Waals surface area contributed by atoms with Crippen molar-refractivity contribution in [1.29, 1.82) is 0 Å². The Labute approximate surface area is 206 Å². The average Bonchev–Trinajstić information content (AvgIpc) is 3.26. The van der Waals surface area contributed by atoms with E-state index >= 15 is 0 Å². The third kappa shape index (κ3) is 4.43. The van der Waals surface area contributed by atoms with Crippen LogP contribution < -0.4 is 14.8 Å². The fourth-order valence-electron chi connectivity index (χ4n) is 4.52. The number of rotatable bonds is 7. The Hall–Kier alpha value is -3.12. The summed E-state index contributed by atoms with van der Waals surface area (Å²) in [5.74, 6) is 0.930. The van der Waals surface area contributed by atoms with Crippen LogP contribution >= 0.6 is 0 Å². The van der Waals surface area contributed by atoms with Crippen LogP contribution in [0.3, 0.4) is 0 Å². The van der Waals surface area contributed by atoms with Crippen LogP contribution in [-0.2, 0) is 16.4 Å². The first-order valence-corrected chi connectivity index (χ1v) is 13.3. The van der Waals surface area contributed by atoms with Gasteiger partial charge in [-0.3, -0.25) is 0 Å². The Morgan fingerprint density at radius 3 is 2.64 bits per heavy atom. The Morgan fingerprint density at radius 1 is 1.22 bits per heavy atom. The molecular formula is C24H25F3N4O4S. The van der Waals surface area contributed by atoms with Crippen molar-refractivity contribution in [1.82, 2.24) is 14.3 Å². The maximum Gasteiger partial charge on any atom is 0.266 e. The molecule has 8 nitrogen and oxygen atoms in total. The van der Waals surface area contributed by atoms with Crippen molar-refractivity contribution < 1.29 is 31.1 Å². The highest BCUT2D eigenvalue weighted by atomic mass is 32.2. The van der Waals surface area contributed by atoms with E-state index < -0.39 is 33.9 Å². The number of anilines is 1. The second kappa shape index (κ2) is 9.07. The van der Waals surface area contributed by atoms with Crippen LogP contribution in [-0.4, -0.2) is 54.7 Å². The maximum atomic E-state index is 14.8. The van der Waals surface area contributed by atoms with E-state index in [0.29, 0.717) is 47.1 Å². The predicted molar refractivity (Wildman–Crippen MR) is 128 cm³/mol. The zero-order chi connectivity index (χ0) is 25.8. The van der Waals surface area contributed by atoms with E-state index in [9.17, 15) is 21.6 Å². The second-order valence-electron chi connectivity index (χ2n) is 9.03. The summed E-state index contributed by atoms with van der Waals surface area (Å²) in [6.45, 7) is 4.31. The molecule has 0 spiro atoms. The van der Waals surface area contributed by atoms with E-state index in [2.05, 4.69) is 15.3 Å². The lowest BCUT2D eigenvalue weighted by Gasteiger charge is -2.37. The quantitative estimate of drug-likeness (QED) is 0.498. The number of hydrogen-bond donors (Lipinski definition) is 1. The third-order valence-corrected chi connectivity index (χ3v) is 7.64. The molecule has 0 aliphatic carbocycles. The number of alkyl halides is 2. The molecule has 2 aliphatic rings. The first-order chi connectivity index (χ1) is 17.0. The summed E-state index contributed by atoms with van der Waals surface area (Å²) in [6.07, 6.45) is -1.51. The third-order valence-electron chi connectivity index (χ3n) is 6.41. The zero-order valence-electron chi connectivity index (χ0n) is 19.9. The highest BCUT2D eigenvalue weighted by Crippen LogP contribution is 2.43. The van der Waals surface area contributed by atoms with Gasteiger partial charge in [-0.15, -0.1) is 0 Å². The molecule has 0 bridgehead atoms. The summed E-state index contributed by atoms with van der Waals surface area (Å²) in [6, 6.07) is 4.97. The Bertz CT molecular complexity index is 1450. The van der Waals surface area contributed by atoms with Crippen LogP contribution in [0.1, 0.15) is 41.9 Å². The van der Waals surface area contributed by atoms with Gasteiger partial charge in [0.1, 0.15) is 23.6 Å². The van der Waals surface area contributed by atoms with E-state index in [4.69, 9.17) is 9.47 Å². The molecule has 0 unspecified atom stereocenters. The molecular weight excluding hydrogens is 497 g/mol. The lowest BCUT2D eigenvalue weighted by molar-refractivity contribution is 0.0741. The van der Waals surface area contributed by atoms with Gasteiger partial charge < -0.3 is 14.8 Å². The van der Waals surface area contributed by atoms with E-state index in [0.717, 1.165) is 17.9 Å². The minimum Gasteiger partial charge on any atom is -0.489 e. The number of nitrogens with zero attached hydrogens (tertiary/aromatic N) is 3. The molecule has 0 amide bonds. The number of aromatic nitrogens is 2. The molecule has 36 heavy (non-hydrogen) atoms. The van der Waals surface area contributed by atoms with Crippen molar-refractivity contribution >= 4 is 26.7 Å². The Balaban J connectivity index is 1.51. The van der Waals surface area contributed by atoms with Crippen molar-refractivity contribution in [2.24, 2.45) is 0 Å². The van der Waals surface area contributed by atoms with E-state index in [-0.39, 0.29) is 24.8 Å². The van der Waals surface area contributed by atoms with Gasteiger partial charge in [0, 0.05) is 22.9 Å². The highest BCUT2D eigenvalue weighted by molar-refractivity contribution is 7.88. The highest BCUT2D eigenvalue weighted by Gasteiger charge is 2.36. The molecule has 12 heteroatoms. The topological polar surface area (TPSA) is 93.7 Å². The number of sulfonamides is 1. The normalized spacial score (nSPS) is 17.1. The van der Waals surface area contributed by atoms with Gasteiger partial charge in [-0.1, -0.05) is 18.2 Å². The maximum absolute atomic E-state index is 14.8. The second-order valence-corrected chi connectivity index (χ2v) is 11.0. The first kappa shape index (κ1) is 24.6. The molecule has 1 saturated heterocycles. The summed E-state index contributed by atoms with van der Waals surface area (Å²) in [7, 11) is -3.29. The lowest BCUT2D eigenvalue weighted by atomic mass is 10.0. The van der Waals surface area contributed by atoms with Gasteiger partial charge in [0.15, 0.2) is 11.5 Å². The monoisotopic (exact) mass is 522 g/mol. The van der Waals surface area contributed by atoms with Crippen LogP contribution in [0.5, 0.6) is 11.5 Å². The predicted octanol–water partition coefficient (Wildman–Crippen LogP) is 4.15. The SMILES string of the molecule is Cc1nc(N[C@H](C)c2cccc(C(F)F)c2F)c2cc(OC3CN(S(C)(=O)=O)C3)c3c(c2n1)CCO3. The van der Waals surface area contributed by atoms with Crippen LogP contribution in [0.15, 0.2) is 24.3 Å². The molecule has 3 aromatic rings. The number of hydrogen-bond acceptors (Lipinski definition) is 7. The van der Waals surface area contributed by atoms with Gasteiger partial charge in [-0.25, -0.2) is 31.6 Å². The molecule has 2 aromatic carbocycles. The van der Waals surface area contributed by atoms with E-state index in [1.807, 2.05) is 0 Å². The molecule has 2 aliphatic heterocycles. The molecule has 3 heterocycles. The Kier molecular flexibility index (Phi) is 6.19. The van der Waals surface area contributed by atoms with Gasteiger partial charge in [-0.05, 0) is 19.9 Å². The van der Waals surface area contributed by atoms with Crippen molar-refractivity contribution in [3.05, 3.63) is 52.6 Å². The molecule has 1 atom stereocenters. The zero-order valence-corrected chi connectivity index (χ0v) is 20.7. The lowest BCUT2D eigenvalue weighted by Crippen LogP contribution is -2.55. The largest absolute Gasteiger partial charge is 0.489 e. The average molecular weight is 523 g/mol. The van der Waals surface area contributed by atoms with E-state index in [1.54, 1.807) is 19.9 Å². The van der Waals surface area contributed by atoms with Gasteiger partial charge in [0.05, 0.1) is 43.1 Å². The fraction of sp³-hybridized carbons (Fsp3) is 0.417. The van der Waals surface area contributed by atoms with Crippen LogP contribution in [0.2, 0.25) is 0 Å². The number of fused-ring (bicyclic) bond motifs is 3. The molecule has 1 N–H and O–H groups in total. The molecule has 1 fully saturated rings. The summed E-state index contributed by atoms with van der Waals surface area (Å²) < 4.78 is 77.9. The van der Waals surface area contributed by atoms with Gasteiger partial charge in [0.25, 0.3) is 6.43 Å². The Morgan fingerprint density at radius 2 is 1.94 bits per heavy atom. The number of ether oxygens (including phenoxy) is 2. The number of aryl methyl sites for hydroxylation is 1. The van der Waals surface area contributed by atoms with Gasteiger partial charge in [-0.2, -0.15) is 4.31 Å². The van der Waals surface area contributed by atoms with Crippen molar-refractivity contribution in [3.8, 4) is 11.5 Å². The number of nitrogens with one attached hydrogen (secondary N) is 1. The van der Waals surface area contributed by atoms with Crippen molar-refractivity contribution in [2.45, 2.75) is 38.8 Å². The molecule has 1 aromatic heterocycles. The standard InChI is InChI=1S/C24H25F3N4O4S/c1-12(15-5-4-6-16(20(15)25)23(26)27)28-24-18-9-19(35-14-10-31(11-14)36(3,32)33)22-17(7-8-34-22)21(18)29-13(2)30-24/h4-6,9,12,14,23H,7-8,10-11H2,1-3H3,(H,28,29,30)/t12-/m1/s1. The van der Waals surface area contributed by atoms with E-state index in [1.165, 1.54) is 16.4 Å². The minimum atomic E-state index is -3.29. The van der Waals surface area contributed by atoms with Gasteiger partial charge >= 0.3 is 0 Å². The summed E-state index contributed by atoms with van der Waals surface area (Å²) in [5, 5.41) is 3.76. The van der Waals surface area contributed by atoms with Crippen molar-refractivity contribution in [2.75, 3.05) is 31.3 Å². The van der Waals surface area contributed by atoms with Gasteiger partial charge in [0.2, 0.25) is 10.0 Å². The summed E-state index contributed by atoms with van der Waals surface area (Å²) >= 11 is 0. The molecule has 192 valence electrons. The van der Waals surface area contributed by atoms with Crippen LogP contribution in [0, 0.1) is 12.7 Å². The molecule has 0 saturated carbocycles. The van der Waals surface area contributed by atoms with Crippen LogP contribution in [0.4, 0.5) is 19.0 Å². The summed E-state index contributed by atoms with van der Waals surface area (Å²) in [5.41, 5.74) is 0.937. The first-order valence-electron chi connectivity index (χ1n) is 11.4. The minimum absolute atomic E-state index is 0.0912. The summed E-state index contributed by atoms with van der Waals surface area (Å²) in [4.78, 5) is 9.10. The number of halogens is 3.